The highest BCUT2D eigenvalue weighted by Gasteiger charge is 2.15. The van der Waals surface area contributed by atoms with Gasteiger partial charge in [0.25, 0.3) is 0 Å². The first kappa shape index (κ1) is 9.48. The second-order valence-electron chi connectivity index (χ2n) is 2.87. The zero-order valence-corrected chi connectivity index (χ0v) is 9.09. The molecule has 1 unspecified atom stereocenters. The van der Waals surface area contributed by atoms with Crippen molar-refractivity contribution in [3.05, 3.63) is 27.8 Å². The molecule has 14 heavy (non-hydrogen) atoms. The van der Waals surface area contributed by atoms with Crippen LogP contribution in [0.3, 0.4) is 0 Å². The number of aromatic nitrogens is 3. The number of hydrogen-bond acceptors (Lipinski definition) is 4. The Labute approximate surface area is 90.3 Å². The molecule has 0 fully saturated rings. The third kappa shape index (κ3) is 1.49. The van der Waals surface area contributed by atoms with Crippen molar-refractivity contribution in [2.75, 3.05) is 5.73 Å². The first-order chi connectivity index (χ1) is 6.70. The van der Waals surface area contributed by atoms with E-state index in [1.54, 1.807) is 28.4 Å². The van der Waals surface area contributed by atoms with Gasteiger partial charge in [0, 0.05) is 11.6 Å². The molecule has 74 valence electrons. The van der Waals surface area contributed by atoms with Crippen LogP contribution >= 0.6 is 22.9 Å². The normalized spacial score (nSPS) is 13.0. The number of hydrogen-bond donors (Lipinski definition) is 1. The third-order valence-corrected chi connectivity index (χ3v) is 3.20. The second-order valence-corrected chi connectivity index (χ2v) is 4.20. The predicted octanol–water partition coefficient (Wildman–Crippen LogP) is 2.18. The molecule has 2 aromatic heterocycles. The van der Waals surface area contributed by atoms with Gasteiger partial charge in [0.05, 0.1) is 6.20 Å². The highest BCUT2D eigenvalue weighted by atomic mass is 35.5. The van der Waals surface area contributed by atoms with Crippen LogP contribution in [0.1, 0.15) is 18.0 Å². The Morgan fingerprint density at radius 2 is 2.43 bits per heavy atom. The summed E-state index contributed by atoms with van der Waals surface area (Å²) in [6, 6.07) is 0.0301. The maximum atomic E-state index is 5.81. The molecule has 6 heteroatoms. The van der Waals surface area contributed by atoms with Crippen molar-refractivity contribution in [1.82, 2.24) is 14.8 Å². The lowest BCUT2D eigenvalue weighted by molar-refractivity contribution is 0.570. The van der Waals surface area contributed by atoms with Crippen LogP contribution in [-0.4, -0.2) is 14.8 Å². The lowest BCUT2D eigenvalue weighted by atomic mass is 10.3. The molecular formula is C8H9ClN4S. The number of nitrogens with zero attached hydrogens (tertiary/aromatic N) is 3. The van der Waals surface area contributed by atoms with E-state index in [1.165, 1.54) is 0 Å². The molecule has 2 heterocycles. The lowest BCUT2D eigenvalue weighted by Gasteiger charge is -2.10. The van der Waals surface area contributed by atoms with Gasteiger partial charge in [-0.3, -0.25) is 0 Å². The van der Waals surface area contributed by atoms with E-state index in [0.717, 1.165) is 5.01 Å². The molecule has 0 spiro atoms. The van der Waals surface area contributed by atoms with E-state index in [9.17, 15) is 0 Å². The van der Waals surface area contributed by atoms with Crippen LogP contribution in [0.25, 0.3) is 0 Å². The molecule has 1 atom stereocenters. The van der Waals surface area contributed by atoms with E-state index in [2.05, 4.69) is 10.1 Å². The molecule has 2 rings (SSSR count). The van der Waals surface area contributed by atoms with Gasteiger partial charge in [-0.25, -0.2) is 9.67 Å². The monoisotopic (exact) mass is 228 g/mol. The van der Waals surface area contributed by atoms with Crippen molar-refractivity contribution in [3.8, 4) is 0 Å². The minimum absolute atomic E-state index is 0.0301. The van der Waals surface area contributed by atoms with Crippen molar-refractivity contribution >= 4 is 28.8 Å². The van der Waals surface area contributed by atoms with E-state index >= 15 is 0 Å². The molecule has 2 aromatic rings. The van der Waals surface area contributed by atoms with E-state index in [0.29, 0.717) is 10.8 Å². The van der Waals surface area contributed by atoms with Gasteiger partial charge < -0.3 is 5.73 Å². The zero-order valence-electron chi connectivity index (χ0n) is 7.51. The van der Waals surface area contributed by atoms with Gasteiger partial charge in [0.2, 0.25) is 0 Å². The van der Waals surface area contributed by atoms with Gasteiger partial charge in [0.15, 0.2) is 0 Å². The quantitative estimate of drug-likeness (QED) is 0.857. The third-order valence-electron chi connectivity index (χ3n) is 1.96. The molecular weight excluding hydrogens is 220 g/mol. The minimum atomic E-state index is 0.0301. The van der Waals surface area contributed by atoms with Crippen molar-refractivity contribution in [1.29, 1.82) is 0 Å². The van der Waals surface area contributed by atoms with Crippen LogP contribution in [0, 0.1) is 0 Å². The summed E-state index contributed by atoms with van der Waals surface area (Å²) >= 11 is 7.38. The largest absolute Gasteiger partial charge is 0.383 e. The fourth-order valence-electron chi connectivity index (χ4n) is 1.20. The van der Waals surface area contributed by atoms with Crippen LogP contribution in [-0.2, 0) is 0 Å². The van der Waals surface area contributed by atoms with Gasteiger partial charge in [-0.15, -0.1) is 11.3 Å². The van der Waals surface area contributed by atoms with Gasteiger partial charge >= 0.3 is 0 Å². The zero-order chi connectivity index (χ0) is 10.1. The maximum absolute atomic E-state index is 5.81. The number of anilines is 1. The van der Waals surface area contributed by atoms with E-state index < -0.39 is 0 Å². The van der Waals surface area contributed by atoms with Gasteiger partial charge in [-0.2, -0.15) is 5.10 Å². The van der Waals surface area contributed by atoms with Crippen LogP contribution in [0.4, 0.5) is 5.82 Å². The topological polar surface area (TPSA) is 56.7 Å². The average molecular weight is 229 g/mol. The molecule has 0 aliphatic heterocycles. The van der Waals surface area contributed by atoms with Crippen LogP contribution in [0.15, 0.2) is 17.8 Å². The summed E-state index contributed by atoms with van der Waals surface area (Å²) in [5, 5.41) is 7.47. The Morgan fingerprint density at radius 1 is 1.64 bits per heavy atom. The molecule has 0 amide bonds. The Hall–Kier alpha value is -1.07. The van der Waals surface area contributed by atoms with Crippen molar-refractivity contribution < 1.29 is 0 Å². The van der Waals surface area contributed by atoms with Crippen molar-refractivity contribution in [3.63, 3.8) is 0 Å². The Bertz CT molecular complexity index is 422. The molecule has 0 radical (unpaired) electrons. The fourth-order valence-corrected chi connectivity index (χ4v) is 2.01. The van der Waals surface area contributed by atoms with Crippen LogP contribution < -0.4 is 5.73 Å². The number of nitrogens with two attached hydrogens (primary N) is 1. The molecule has 0 bridgehead atoms. The minimum Gasteiger partial charge on any atom is -0.383 e. The first-order valence-corrected chi connectivity index (χ1v) is 5.33. The number of halogens is 1. The van der Waals surface area contributed by atoms with Crippen LogP contribution in [0.5, 0.6) is 0 Å². The van der Waals surface area contributed by atoms with Crippen molar-refractivity contribution in [2.24, 2.45) is 0 Å². The van der Waals surface area contributed by atoms with Crippen molar-refractivity contribution in [2.45, 2.75) is 13.0 Å². The lowest BCUT2D eigenvalue weighted by Crippen LogP contribution is -2.11. The van der Waals surface area contributed by atoms with E-state index in [4.69, 9.17) is 17.3 Å². The Kier molecular flexibility index (Phi) is 2.43. The number of rotatable bonds is 2. The Morgan fingerprint density at radius 3 is 2.93 bits per heavy atom. The second kappa shape index (κ2) is 3.59. The summed E-state index contributed by atoms with van der Waals surface area (Å²) in [6.07, 6.45) is 3.30. The summed E-state index contributed by atoms with van der Waals surface area (Å²) in [5.74, 6) is 0.481. The summed E-state index contributed by atoms with van der Waals surface area (Å²) in [6.45, 7) is 1.98. The summed E-state index contributed by atoms with van der Waals surface area (Å²) in [5.41, 5.74) is 5.75. The molecule has 4 nitrogen and oxygen atoms in total. The predicted molar refractivity (Wildman–Crippen MR) is 57.6 cm³/mol. The SMILES string of the molecule is CC(c1nccs1)n1ncc(Cl)c1N. The molecule has 0 saturated heterocycles. The number of thiazole rings is 1. The number of nitrogen functional groups attached to an aromatic ring is 1. The Balaban J connectivity index is 2.36. The summed E-state index contributed by atoms with van der Waals surface area (Å²) < 4.78 is 1.67. The fraction of sp³-hybridized carbons (Fsp3) is 0.250. The van der Waals surface area contributed by atoms with E-state index in [-0.39, 0.29) is 6.04 Å². The summed E-state index contributed by atoms with van der Waals surface area (Å²) in [7, 11) is 0. The van der Waals surface area contributed by atoms with Gasteiger partial charge in [0.1, 0.15) is 21.9 Å². The molecule has 0 aliphatic rings. The molecule has 2 N–H and O–H groups in total. The molecule has 0 aromatic carbocycles. The van der Waals surface area contributed by atoms with E-state index in [1.807, 2.05) is 12.3 Å². The molecule has 0 aliphatic carbocycles. The first-order valence-electron chi connectivity index (χ1n) is 4.08. The summed E-state index contributed by atoms with van der Waals surface area (Å²) in [4.78, 5) is 4.20. The highest BCUT2D eigenvalue weighted by Crippen LogP contribution is 2.25. The maximum Gasteiger partial charge on any atom is 0.141 e. The van der Waals surface area contributed by atoms with Gasteiger partial charge in [-0.05, 0) is 6.92 Å². The highest BCUT2D eigenvalue weighted by molar-refractivity contribution is 7.09. The van der Waals surface area contributed by atoms with Crippen LogP contribution in [0.2, 0.25) is 5.02 Å². The average Bonchev–Trinajstić information content (AvgIpc) is 2.77. The standard InChI is InChI=1S/C8H9ClN4S/c1-5(8-11-2-3-14-8)13-7(10)6(9)4-12-13/h2-5H,10H2,1H3. The molecule has 0 saturated carbocycles. The smallest absolute Gasteiger partial charge is 0.141 e. The van der Waals surface area contributed by atoms with Gasteiger partial charge in [-0.1, -0.05) is 11.6 Å².